The molecule has 1 spiro atoms. The van der Waals surface area contributed by atoms with E-state index in [9.17, 15) is 0 Å². The summed E-state index contributed by atoms with van der Waals surface area (Å²) in [5, 5.41) is 0. The molecule has 3 nitrogen and oxygen atoms in total. The van der Waals surface area contributed by atoms with Crippen LogP contribution in [-0.2, 0) is 4.74 Å². The van der Waals surface area contributed by atoms with Crippen LogP contribution in [0.25, 0.3) is 0 Å². The lowest BCUT2D eigenvalue weighted by Crippen LogP contribution is -2.44. The van der Waals surface area contributed by atoms with E-state index in [-0.39, 0.29) is 0 Å². The molecule has 2 rings (SSSR count). The van der Waals surface area contributed by atoms with Crippen LogP contribution in [0, 0.1) is 5.41 Å². The van der Waals surface area contributed by atoms with Crippen LogP contribution in [0.3, 0.4) is 0 Å². The Labute approximate surface area is 86.6 Å². The van der Waals surface area contributed by atoms with E-state index in [2.05, 4.69) is 11.8 Å². The Morgan fingerprint density at radius 1 is 1.36 bits per heavy atom. The summed E-state index contributed by atoms with van der Waals surface area (Å²) in [7, 11) is 0. The number of ether oxygens (including phenoxy) is 1. The molecule has 0 aromatic carbocycles. The molecule has 2 aliphatic heterocycles. The van der Waals surface area contributed by atoms with Crippen molar-refractivity contribution in [2.24, 2.45) is 11.1 Å². The summed E-state index contributed by atoms with van der Waals surface area (Å²) in [6.45, 7) is 7.54. The summed E-state index contributed by atoms with van der Waals surface area (Å²) in [6.07, 6.45) is 3.89. The first-order valence-corrected chi connectivity index (χ1v) is 5.76. The number of rotatable bonds is 2. The first-order valence-electron chi connectivity index (χ1n) is 5.76. The third-order valence-electron chi connectivity index (χ3n) is 3.65. The smallest absolute Gasteiger partial charge is 0.0524 e. The van der Waals surface area contributed by atoms with E-state index in [1.807, 2.05) is 0 Å². The van der Waals surface area contributed by atoms with Gasteiger partial charge in [0, 0.05) is 19.2 Å². The second kappa shape index (κ2) is 4.17. The maximum absolute atomic E-state index is 5.80. The Morgan fingerprint density at radius 3 is 2.57 bits per heavy atom. The maximum Gasteiger partial charge on any atom is 0.0524 e. The zero-order chi connectivity index (χ0) is 10.0. The lowest BCUT2D eigenvalue weighted by atomic mass is 9.78. The fraction of sp³-hybridized carbons (Fsp3) is 1.00. The van der Waals surface area contributed by atoms with Gasteiger partial charge in [-0.25, -0.2) is 0 Å². The summed E-state index contributed by atoms with van der Waals surface area (Å²) < 4.78 is 5.51. The van der Waals surface area contributed by atoms with Crippen molar-refractivity contribution in [3.8, 4) is 0 Å². The largest absolute Gasteiger partial charge is 0.381 e. The number of nitrogens with two attached hydrogens (primary N) is 1. The standard InChI is InChI=1S/C11H22N2O/c1-10(12)8-13-5-2-11(3-6-13)4-7-14-9-11/h10H,2-9,12H2,1H3. The number of piperidine rings is 1. The molecule has 2 N–H and O–H groups in total. The molecule has 3 heteroatoms. The van der Waals surface area contributed by atoms with Gasteiger partial charge in [-0.2, -0.15) is 0 Å². The van der Waals surface area contributed by atoms with Gasteiger partial charge in [-0.15, -0.1) is 0 Å². The van der Waals surface area contributed by atoms with Crippen molar-refractivity contribution in [3.05, 3.63) is 0 Å². The molecule has 1 unspecified atom stereocenters. The van der Waals surface area contributed by atoms with Gasteiger partial charge >= 0.3 is 0 Å². The van der Waals surface area contributed by atoms with Gasteiger partial charge < -0.3 is 15.4 Å². The normalized spacial score (nSPS) is 29.6. The average molecular weight is 198 g/mol. The second-order valence-electron chi connectivity index (χ2n) is 5.08. The highest BCUT2D eigenvalue weighted by molar-refractivity contribution is 4.89. The van der Waals surface area contributed by atoms with Crippen molar-refractivity contribution in [1.82, 2.24) is 4.90 Å². The monoisotopic (exact) mass is 198 g/mol. The van der Waals surface area contributed by atoms with Gasteiger partial charge in [0.15, 0.2) is 0 Å². The van der Waals surface area contributed by atoms with Crippen molar-refractivity contribution in [2.45, 2.75) is 32.2 Å². The fourth-order valence-corrected chi connectivity index (χ4v) is 2.66. The van der Waals surface area contributed by atoms with E-state index in [1.54, 1.807) is 0 Å². The molecule has 0 aromatic rings. The molecular formula is C11H22N2O. The van der Waals surface area contributed by atoms with Crippen molar-refractivity contribution < 1.29 is 4.74 Å². The van der Waals surface area contributed by atoms with Gasteiger partial charge in [-0.05, 0) is 44.7 Å². The van der Waals surface area contributed by atoms with Crippen LogP contribution in [-0.4, -0.2) is 43.8 Å². The summed E-state index contributed by atoms with van der Waals surface area (Å²) in [4.78, 5) is 2.49. The zero-order valence-electron chi connectivity index (χ0n) is 9.17. The minimum absolute atomic E-state index is 0.309. The molecule has 0 aliphatic carbocycles. The summed E-state index contributed by atoms with van der Waals surface area (Å²) in [6, 6.07) is 0.309. The molecule has 2 saturated heterocycles. The van der Waals surface area contributed by atoms with Crippen molar-refractivity contribution in [1.29, 1.82) is 0 Å². The minimum Gasteiger partial charge on any atom is -0.381 e. The molecule has 2 heterocycles. The Kier molecular flexibility index (Phi) is 3.10. The predicted octanol–water partition coefficient (Wildman–Crippen LogP) is 0.836. The zero-order valence-corrected chi connectivity index (χ0v) is 9.17. The van der Waals surface area contributed by atoms with Crippen LogP contribution in [0.1, 0.15) is 26.2 Å². The van der Waals surface area contributed by atoms with E-state index < -0.39 is 0 Å². The van der Waals surface area contributed by atoms with Crippen molar-refractivity contribution in [2.75, 3.05) is 32.8 Å². The molecular weight excluding hydrogens is 176 g/mol. The van der Waals surface area contributed by atoms with E-state index in [1.165, 1.54) is 32.4 Å². The first kappa shape index (κ1) is 10.4. The Balaban J connectivity index is 1.79. The molecule has 2 aliphatic rings. The number of hydrogen-bond acceptors (Lipinski definition) is 3. The Morgan fingerprint density at radius 2 is 2.07 bits per heavy atom. The minimum atomic E-state index is 0.309. The SMILES string of the molecule is CC(N)CN1CCC2(CCOC2)CC1. The molecule has 0 amide bonds. The molecule has 0 bridgehead atoms. The van der Waals surface area contributed by atoms with Crippen molar-refractivity contribution in [3.63, 3.8) is 0 Å². The number of likely N-dealkylation sites (tertiary alicyclic amines) is 1. The number of hydrogen-bond donors (Lipinski definition) is 1. The van der Waals surface area contributed by atoms with Gasteiger partial charge in [0.25, 0.3) is 0 Å². The van der Waals surface area contributed by atoms with Gasteiger partial charge in [-0.1, -0.05) is 0 Å². The van der Waals surface area contributed by atoms with Crippen LogP contribution in [0.2, 0.25) is 0 Å². The quantitative estimate of drug-likeness (QED) is 0.714. The van der Waals surface area contributed by atoms with E-state index >= 15 is 0 Å². The third kappa shape index (κ3) is 2.27. The fourth-order valence-electron chi connectivity index (χ4n) is 2.66. The van der Waals surface area contributed by atoms with Crippen LogP contribution in [0.4, 0.5) is 0 Å². The van der Waals surface area contributed by atoms with E-state index in [0.29, 0.717) is 11.5 Å². The third-order valence-corrected chi connectivity index (χ3v) is 3.65. The highest BCUT2D eigenvalue weighted by Crippen LogP contribution is 2.38. The van der Waals surface area contributed by atoms with Gasteiger partial charge in [-0.3, -0.25) is 0 Å². The summed E-state index contributed by atoms with van der Waals surface area (Å²) in [5.74, 6) is 0. The van der Waals surface area contributed by atoms with Gasteiger partial charge in [0.2, 0.25) is 0 Å². The van der Waals surface area contributed by atoms with Gasteiger partial charge in [0.1, 0.15) is 0 Å². The van der Waals surface area contributed by atoms with E-state index in [0.717, 1.165) is 19.8 Å². The van der Waals surface area contributed by atoms with Crippen LogP contribution in [0.15, 0.2) is 0 Å². The summed E-state index contributed by atoms with van der Waals surface area (Å²) >= 11 is 0. The lowest BCUT2D eigenvalue weighted by molar-refractivity contribution is 0.0787. The topological polar surface area (TPSA) is 38.5 Å². The molecule has 14 heavy (non-hydrogen) atoms. The Bertz CT molecular complexity index is 178. The molecule has 2 fully saturated rings. The highest BCUT2D eigenvalue weighted by Gasteiger charge is 2.37. The van der Waals surface area contributed by atoms with E-state index in [4.69, 9.17) is 10.5 Å². The first-order chi connectivity index (χ1) is 6.70. The van der Waals surface area contributed by atoms with Gasteiger partial charge in [0.05, 0.1) is 6.61 Å². The van der Waals surface area contributed by atoms with Crippen LogP contribution >= 0.6 is 0 Å². The molecule has 0 saturated carbocycles. The summed E-state index contributed by atoms with van der Waals surface area (Å²) in [5.41, 5.74) is 6.34. The van der Waals surface area contributed by atoms with Crippen LogP contribution in [0.5, 0.6) is 0 Å². The highest BCUT2D eigenvalue weighted by atomic mass is 16.5. The molecule has 0 aromatic heterocycles. The maximum atomic E-state index is 5.80. The molecule has 82 valence electrons. The lowest BCUT2D eigenvalue weighted by Gasteiger charge is -2.38. The van der Waals surface area contributed by atoms with Crippen LogP contribution < -0.4 is 5.73 Å². The predicted molar refractivity (Wildman–Crippen MR) is 57.2 cm³/mol. The molecule has 0 radical (unpaired) electrons. The second-order valence-corrected chi connectivity index (χ2v) is 5.08. The average Bonchev–Trinajstić information content (AvgIpc) is 2.58. The van der Waals surface area contributed by atoms with Crippen molar-refractivity contribution >= 4 is 0 Å². The number of nitrogens with zero attached hydrogens (tertiary/aromatic N) is 1. The molecule has 1 atom stereocenters. The Hall–Kier alpha value is -0.120.